The molecule has 120 valence electrons. The first-order chi connectivity index (χ1) is 11.0. The lowest BCUT2D eigenvalue weighted by Crippen LogP contribution is -2.04. The fraction of sp³-hybridized carbons (Fsp3) is 0.250. The molecule has 0 saturated heterocycles. The predicted octanol–water partition coefficient (Wildman–Crippen LogP) is 4.94. The van der Waals surface area contributed by atoms with E-state index < -0.39 is 0 Å². The molecular weight excluding hydrogens is 355 g/mol. The van der Waals surface area contributed by atoms with Gasteiger partial charge in [-0.2, -0.15) is 0 Å². The van der Waals surface area contributed by atoms with E-state index in [2.05, 4.69) is 4.98 Å². The number of ether oxygens (including phenoxy) is 1. The number of esters is 1. The van der Waals surface area contributed by atoms with Crippen LogP contribution < -0.4 is 0 Å². The number of rotatable bonds is 4. The molecule has 1 aromatic carbocycles. The van der Waals surface area contributed by atoms with Gasteiger partial charge in [0.2, 0.25) is 0 Å². The van der Waals surface area contributed by atoms with E-state index in [4.69, 9.17) is 27.9 Å². The van der Waals surface area contributed by atoms with Crippen LogP contribution in [0.2, 0.25) is 10.0 Å². The van der Waals surface area contributed by atoms with Crippen molar-refractivity contribution in [3.8, 4) is 0 Å². The second kappa shape index (κ2) is 6.51. The Morgan fingerprint density at radius 2 is 2.13 bits per heavy atom. The molecule has 0 aliphatic heterocycles. The first-order valence-corrected chi connectivity index (χ1v) is 8.64. The van der Waals surface area contributed by atoms with Gasteiger partial charge in [0.05, 0.1) is 18.7 Å². The maximum Gasteiger partial charge on any atom is 0.348 e. The van der Waals surface area contributed by atoms with E-state index in [-0.39, 0.29) is 5.97 Å². The molecular formula is C16H14Cl2N2O2S. The number of aromatic nitrogens is 2. The lowest BCUT2D eigenvalue weighted by Gasteiger charge is -2.08. The summed E-state index contributed by atoms with van der Waals surface area (Å²) in [7, 11) is 0. The predicted molar refractivity (Wildman–Crippen MR) is 93.9 cm³/mol. The Balaban J connectivity index is 1.99. The van der Waals surface area contributed by atoms with E-state index in [1.165, 1.54) is 11.3 Å². The normalized spacial score (nSPS) is 11.1. The largest absolute Gasteiger partial charge is 0.462 e. The zero-order chi connectivity index (χ0) is 16.6. The van der Waals surface area contributed by atoms with Crippen LogP contribution in [0.3, 0.4) is 0 Å². The highest BCUT2D eigenvalue weighted by molar-refractivity contribution is 7.20. The second-order valence-corrected chi connectivity index (χ2v) is 6.88. The number of carbonyl (C=O) groups is 1. The molecule has 23 heavy (non-hydrogen) atoms. The Bertz CT molecular complexity index is 886. The maximum absolute atomic E-state index is 11.9. The molecule has 0 radical (unpaired) electrons. The molecule has 3 aromatic rings. The SMILES string of the molecule is CCOC(=O)c1cc2c(nc(C)n2Cc2ccc(Cl)cc2Cl)s1. The van der Waals surface area contributed by atoms with E-state index in [1.807, 2.05) is 29.7 Å². The summed E-state index contributed by atoms with van der Waals surface area (Å²) in [6, 6.07) is 7.25. The summed E-state index contributed by atoms with van der Waals surface area (Å²) in [5.74, 6) is 0.553. The van der Waals surface area contributed by atoms with E-state index in [1.54, 1.807) is 13.0 Å². The van der Waals surface area contributed by atoms with Gasteiger partial charge in [-0.05, 0) is 37.6 Å². The second-order valence-electron chi connectivity index (χ2n) is 5.00. The number of thiophene rings is 1. The van der Waals surface area contributed by atoms with E-state index in [0.29, 0.717) is 28.1 Å². The summed E-state index contributed by atoms with van der Waals surface area (Å²) in [5.41, 5.74) is 1.85. The van der Waals surface area contributed by atoms with Crippen molar-refractivity contribution in [2.75, 3.05) is 6.61 Å². The van der Waals surface area contributed by atoms with Gasteiger partial charge in [-0.1, -0.05) is 29.3 Å². The maximum atomic E-state index is 11.9. The van der Waals surface area contributed by atoms with Crippen LogP contribution in [0.25, 0.3) is 10.3 Å². The molecule has 0 amide bonds. The summed E-state index contributed by atoms with van der Waals surface area (Å²) in [5, 5.41) is 1.21. The standard InChI is InChI=1S/C16H14Cl2N2O2S/c1-3-22-16(21)14-7-13-15(23-14)19-9(2)20(13)8-10-4-5-11(17)6-12(10)18/h4-7H,3,8H2,1-2H3. The van der Waals surface area contributed by atoms with E-state index in [9.17, 15) is 4.79 Å². The van der Waals surface area contributed by atoms with Crippen molar-refractivity contribution in [3.05, 3.63) is 50.6 Å². The van der Waals surface area contributed by atoms with Crippen molar-refractivity contribution in [3.63, 3.8) is 0 Å². The molecule has 0 aliphatic carbocycles. The molecule has 0 spiro atoms. The molecule has 4 nitrogen and oxygen atoms in total. The van der Waals surface area contributed by atoms with Gasteiger partial charge >= 0.3 is 5.97 Å². The summed E-state index contributed by atoms with van der Waals surface area (Å²) in [6.45, 7) is 4.64. The zero-order valence-corrected chi connectivity index (χ0v) is 14.9. The number of benzene rings is 1. The molecule has 0 unspecified atom stereocenters. The minimum Gasteiger partial charge on any atom is -0.462 e. The number of imidazole rings is 1. The van der Waals surface area contributed by atoms with Crippen LogP contribution in [0.5, 0.6) is 0 Å². The van der Waals surface area contributed by atoms with Crippen molar-refractivity contribution in [1.82, 2.24) is 9.55 Å². The van der Waals surface area contributed by atoms with Gasteiger partial charge < -0.3 is 9.30 Å². The highest BCUT2D eigenvalue weighted by atomic mass is 35.5. The van der Waals surface area contributed by atoms with Crippen LogP contribution in [-0.2, 0) is 11.3 Å². The van der Waals surface area contributed by atoms with Crippen molar-refractivity contribution in [2.45, 2.75) is 20.4 Å². The highest BCUT2D eigenvalue weighted by Crippen LogP contribution is 2.29. The molecule has 2 heterocycles. The van der Waals surface area contributed by atoms with Gasteiger partial charge in [0.15, 0.2) is 0 Å². The Hall–Kier alpha value is -1.56. The first kappa shape index (κ1) is 16.3. The lowest BCUT2D eigenvalue weighted by atomic mass is 10.2. The van der Waals surface area contributed by atoms with Gasteiger partial charge in [0, 0.05) is 10.0 Å². The average Bonchev–Trinajstić information content (AvgIpc) is 3.01. The third-order valence-electron chi connectivity index (χ3n) is 3.46. The van der Waals surface area contributed by atoms with Crippen LogP contribution in [0, 0.1) is 6.92 Å². The number of aryl methyl sites for hydroxylation is 1. The number of halogens is 2. The summed E-state index contributed by atoms with van der Waals surface area (Å²) < 4.78 is 7.08. The molecule has 0 atom stereocenters. The number of nitrogens with zero attached hydrogens (tertiary/aromatic N) is 2. The summed E-state index contributed by atoms with van der Waals surface area (Å²) in [4.78, 5) is 17.8. The Morgan fingerprint density at radius 3 is 2.83 bits per heavy atom. The molecule has 7 heteroatoms. The van der Waals surface area contributed by atoms with Gasteiger partial charge in [-0.15, -0.1) is 11.3 Å². The van der Waals surface area contributed by atoms with Crippen molar-refractivity contribution >= 4 is 50.9 Å². The summed E-state index contributed by atoms with van der Waals surface area (Å²) in [6.07, 6.45) is 0. The van der Waals surface area contributed by atoms with Crippen LogP contribution in [-0.4, -0.2) is 22.1 Å². The van der Waals surface area contributed by atoms with Gasteiger partial charge in [0.1, 0.15) is 15.5 Å². The minimum absolute atomic E-state index is 0.316. The highest BCUT2D eigenvalue weighted by Gasteiger charge is 2.17. The van der Waals surface area contributed by atoms with Crippen molar-refractivity contribution in [1.29, 1.82) is 0 Å². The first-order valence-electron chi connectivity index (χ1n) is 7.07. The molecule has 0 bridgehead atoms. The topological polar surface area (TPSA) is 44.1 Å². The number of carbonyl (C=O) groups excluding carboxylic acids is 1. The Labute approximate surface area is 147 Å². The molecule has 2 aromatic heterocycles. The Morgan fingerprint density at radius 1 is 1.35 bits per heavy atom. The number of fused-ring (bicyclic) bond motifs is 1. The number of hydrogen-bond donors (Lipinski definition) is 0. The van der Waals surface area contributed by atoms with E-state index in [0.717, 1.165) is 21.7 Å². The zero-order valence-electron chi connectivity index (χ0n) is 12.6. The fourth-order valence-electron chi connectivity index (χ4n) is 2.35. The third kappa shape index (κ3) is 3.22. The van der Waals surface area contributed by atoms with Gasteiger partial charge in [-0.3, -0.25) is 0 Å². The van der Waals surface area contributed by atoms with Crippen molar-refractivity contribution in [2.24, 2.45) is 0 Å². The monoisotopic (exact) mass is 368 g/mol. The quantitative estimate of drug-likeness (QED) is 0.612. The van der Waals surface area contributed by atoms with Gasteiger partial charge in [0.25, 0.3) is 0 Å². The lowest BCUT2D eigenvalue weighted by molar-refractivity contribution is 0.0532. The minimum atomic E-state index is -0.316. The molecule has 0 saturated carbocycles. The van der Waals surface area contributed by atoms with E-state index >= 15 is 0 Å². The van der Waals surface area contributed by atoms with Crippen molar-refractivity contribution < 1.29 is 9.53 Å². The molecule has 0 N–H and O–H groups in total. The molecule has 0 aliphatic rings. The smallest absolute Gasteiger partial charge is 0.348 e. The van der Waals surface area contributed by atoms with Crippen LogP contribution in [0.4, 0.5) is 0 Å². The molecule has 3 rings (SSSR count). The van der Waals surface area contributed by atoms with Crippen LogP contribution in [0.1, 0.15) is 28.0 Å². The number of hydrogen-bond acceptors (Lipinski definition) is 4. The fourth-order valence-corrected chi connectivity index (χ4v) is 3.79. The summed E-state index contributed by atoms with van der Waals surface area (Å²) >= 11 is 13.5. The van der Waals surface area contributed by atoms with Crippen LogP contribution >= 0.6 is 34.5 Å². The average molecular weight is 369 g/mol. The third-order valence-corrected chi connectivity index (χ3v) is 5.04. The Kier molecular flexibility index (Phi) is 4.62. The van der Waals surface area contributed by atoms with Gasteiger partial charge in [-0.25, -0.2) is 9.78 Å². The molecule has 0 fully saturated rings. The van der Waals surface area contributed by atoms with Crippen LogP contribution in [0.15, 0.2) is 24.3 Å².